The van der Waals surface area contributed by atoms with Crippen molar-refractivity contribution >= 4 is 23.4 Å². The van der Waals surface area contributed by atoms with Crippen molar-refractivity contribution in [3.8, 4) is 0 Å². The molecule has 1 aromatic rings. The molecule has 0 aliphatic carbocycles. The van der Waals surface area contributed by atoms with Gasteiger partial charge in [0.15, 0.2) is 0 Å². The molecule has 0 saturated heterocycles. The number of non-ortho nitro benzene ring substituents is 1. The molecule has 1 aromatic carbocycles. The molecule has 0 heterocycles. The number of carbonyl (C=O) groups is 1. The lowest BCUT2D eigenvalue weighted by atomic mass is 10.1. The van der Waals surface area contributed by atoms with Crippen molar-refractivity contribution in [2.24, 2.45) is 0 Å². The summed E-state index contributed by atoms with van der Waals surface area (Å²) in [5, 5.41) is 22.2. The molecule has 0 bridgehead atoms. The molecule has 0 fully saturated rings. The first-order chi connectivity index (χ1) is 9.56. The molecule has 6 nitrogen and oxygen atoms in total. The van der Waals surface area contributed by atoms with Crippen LogP contribution in [0.5, 0.6) is 0 Å². The monoisotopic (exact) mass is 298 g/mol. The van der Waals surface area contributed by atoms with Crippen LogP contribution in [0.1, 0.15) is 19.8 Å². The Morgan fingerprint density at radius 2 is 2.10 bits per heavy atom. The van der Waals surface area contributed by atoms with E-state index in [1.54, 1.807) is 12.1 Å². The molecule has 1 unspecified atom stereocenters. The fraction of sp³-hybridized carbons (Fsp3) is 0.462. The van der Waals surface area contributed by atoms with Gasteiger partial charge in [-0.05, 0) is 25.0 Å². The fourth-order valence-electron chi connectivity index (χ4n) is 1.62. The van der Waals surface area contributed by atoms with Crippen LogP contribution in [-0.2, 0) is 4.79 Å². The van der Waals surface area contributed by atoms with Gasteiger partial charge in [-0.1, -0.05) is 6.92 Å². The van der Waals surface area contributed by atoms with Crippen LogP contribution in [0.4, 0.5) is 5.69 Å². The Kier molecular flexibility index (Phi) is 7.03. The minimum Gasteiger partial charge on any atom is -0.396 e. The van der Waals surface area contributed by atoms with E-state index in [9.17, 15) is 14.9 Å². The Bertz CT molecular complexity index is 450. The average Bonchev–Trinajstić information content (AvgIpc) is 2.45. The molecule has 1 amide bonds. The van der Waals surface area contributed by atoms with Crippen LogP contribution in [-0.4, -0.2) is 34.3 Å². The predicted molar refractivity (Wildman–Crippen MR) is 77.7 cm³/mol. The highest BCUT2D eigenvalue weighted by molar-refractivity contribution is 8.00. The summed E-state index contributed by atoms with van der Waals surface area (Å²) < 4.78 is 0. The number of hydrogen-bond donors (Lipinski definition) is 2. The number of hydrogen-bond acceptors (Lipinski definition) is 5. The zero-order valence-corrected chi connectivity index (χ0v) is 12.1. The van der Waals surface area contributed by atoms with Crippen molar-refractivity contribution in [3.05, 3.63) is 34.4 Å². The number of nitro groups is 1. The van der Waals surface area contributed by atoms with E-state index in [1.165, 1.54) is 23.9 Å². The normalized spacial score (nSPS) is 11.9. The summed E-state index contributed by atoms with van der Waals surface area (Å²) in [4.78, 5) is 22.6. The van der Waals surface area contributed by atoms with Gasteiger partial charge < -0.3 is 10.4 Å². The molecule has 1 rings (SSSR count). The number of benzene rings is 1. The summed E-state index contributed by atoms with van der Waals surface area (Å²) in [7, 11) is 0. The van der Waals surface area contributed by atoms with Crippen molar-refractivity contribution in [1.82, 2.24) is 5.32 Å². The molecule has 0 radical (unpaired) electrons. The number of thioether (sulfide) groups is 1. The summed E-state index contributed by atoms with van der Waals surface area (Å²) in [6, 6.07) is 6.08. The lowest BCUT2D eigenvalue weighted by Gasteiger charge is -2.15. The molecular formula is C13H18N2O4S. The van der Waals surface area contributed by atoms with Crippen LogP contribution in [0.15, 0.2) is 29.2 Å². The summed E-state index contributed by atoms with van der Waals surface area (Å²) >= 11 is 1.32. The second-order valence-electron chi connectivity index (χ2n) is 4.22. The minimum atomic E-state index is -0.456. The van der Waals surface area contributed by atoms with Gasteiger partial charge in [0.2, 0.25) is 5.91 Å². The molecule has 0 spiro atoms. The number of aliphatic hydroxyl groups excluding tert-OH is 1. The number of nitrogens with zero attached hydrogens (tertiary/aromatic N) is 1. The van der Waals surface area contributed by atoms with E-state index in [0.29, 0.717) is 6.42 Å². The molecule has 7 heteroatoms. The third kappa shape index (κ3) is 5.58. The van der Waals surface area contributed by atoms with E-state index in [2.05, 4.69) is 5.32 Å². The van der Waals surface area contributed by atoms with Gasteiger partial charge in [0, 0.05) is 29.7 Å². The van der Waals surface area contributed by atoms with E-state index in [0.717, 1.165) is 11.3 Å². The first-order valence-corrected chi connectivity index (χ1v) is 7.32. The topological polar surface area (TPSA) is 92.5 Å². The van der Waals surface area contributed by atoms with Gasteiger partial charge in [0.25, 0.3) is 5.69 Å². The highest BCUT2D eigenvalue weighted by Crippen LogP contribution is 2.21. The summed E-state index contributed by atoms with van der Waals surface area (Å²) in [5.41, 5.74) is 0.0350. The van der Waals surface area contributed by atoms with Gasteiger partial charge in [-0.15, -0.1) is 11.8 Å². The fourth-order valence-corrected chi connectivity index (χ4v) is 2.33. The molecule has 2 N–H and O–H groups in total. The number of nitrogens with one attached hydrogen (secondary N) is 1. The van der Waals surface area contributed by atoms with Crippen LogP contribution < -0.4 is 5.32 Å². The Balaban J connectivity index is 2.42. The lowest BCUT2D eigenvalue weighted by Crippen LogP contribution is -2.36. The first-order valence-electron chi connectivity index (χ1n) is 6.34. The third-order valence-electron chi connectivity index (χ3n) is 2.75. The van der Waals surface area contributed by atoms with Gasteiger partial charge >= 0.3 is 0 Å². The van der Waals surface area contributed by atoms with Gasteiger partial charge in [0.05, 0.1) is 10.7 Å². The maximum absolute atomic E-state index is 11.7. The zero-order valence-electron chi connectivity index (χ0n) is 11.2. The number of carbonyl (C=O) groups excluding carboxylic acids is 1. The van der Waals surface area contributed by atoms with E-state index in [1.807, 2.05) is 6.92 Å². The third-order valence-corrected chi connectivity index (χ3v) is 3.76. The summed E-state index contributed by atoms with van der Waals surface area (Å²) in [5.74, 6) is 0.147. The van der Waals surface area contributed by atoms with Crippen LogP contribution in [0, 0.1) is 10.1 Å². The Morgan fingerprint density at radius 1 is 1.45 bits per heavy atom. The van der Waals surface area contributed by atoms with Crippen molar-refractivity contribution in [3.63, 3.8) is 0 Å². The number of amides is 1. The Hall–Kier alpha value is -1.60. The van der Waals surface area contributed by atoms with E-state index < -0.39 is 4.92 Å². The molecule has 110 valence electrons. The van der Waals surface area contributed by atoms with Crippen molar-refractivity contribution in [1.29, 1.82) is 0 Å². The lowest BCUT2D eigenvalue weighted by molar-refractivity contribution is -0.384. The van der Waals surface area contributed by atoms with Gasteiger partial charge in [-0.25, -0.2) is 0 Å². The molecular weight excluding hydrogens is 280 g/mol. The highest BCUT2D eigenvalue weighted by atomic mass is 32.2. The van der Waals surface area contributed by atoms with Crippen molar-refractivity contribution in [2.45, 2.75) is 30.7 Å². The van der Waals surface area contributed by atoms with Crippen molar-refractivity contribution in [2.75, 3.05) is 12.4 Å². The number of aliphatic hydroxyl groups is 1. The van der Waals surface area contributed by atoms with E-state index >= 15 is 0 Å². The molecule has 1 atom stereocenters. The molecule has 0 aliphatic heterocycles. The minimum absolute atomic E-state index is 0.00930. The van der Waals surface area contributed by atoms with Crippen molar-refractivity contribution < 1.29 is 14.8 Å². The SMILES string of the molecule is CCC(CCO)NC(=O)CSc1ccc([N+](=O)[O-])cc1. The molecule has 0 saturated carbocycles. The summed E-state index contributed by atoms with van der Waals surface area (Å²) in [6.07, 6.45) is 1.32. The molecule has 0 aliphatic rings. The second-order valence-corrected chi connectivity index (χ2v) is 5.27. The zero-order chi connectivity index (χ0) is 15.0. The van der Waals surface area contributed by atoms with Crippen LogP contribution in [0.2, 0.25) is 0 Å². The maximum atomic E-state index is 11.7. The largest absolute Gasteiger partial charge is 0.396 e. The first kappa shape index (κ1) is 16.5. The maximum Gasteiger partial charge on any atom is 0.269 e. The van der Waals surface area contributed by atoms with E-state index in [4.69, 9.17) is 5.11 Å². The number of nitro benzene ring substituents is 1. The van der Waals surface area contributed by atoms with Gasteiger partial charge in [-0.2, -0.15) is 0 Å². The highest BCUT2D eigenvalue weighted by Gasteiger charge is 2.10. The second kappa shape index (κ2) is 8.55. The Labute approximate surface area is 121 Å². The summed E-state index contributed by atoms with van der Waals surface area (Å²) in [6.45, 7) is 2.00. The number of rotatable bonds is 8. The predicted octanol–water partition coefficient (Wildman–Crippen LogP) is 1.96. The quantitative estimate of drug-likeness (QED) is 0.435. The van der Waals surface area contributed by atoms with E-state index in [-0.39, 0.29) is 30.0 Å². The smallest absolute Gasteiger partial charge is 0.269 e. The standard InChI is InChI=1S/C13H18N2O4S/c1-2-10(7-8-16)14-13(17)9-20-12-5-3-11(4-6-12)15(18)19/h3-6,10,16H,2,7-9H2,1H3,(H,14,17). The van der Waals surface area contributed by atoms with Crippen LogP contribution >= 0.6 is 11.8 Å². The van der Waals surface area contributed by atoms with Crippen LogP contribution in [0.25, 0.3) is 0 Å². The van der Waals surface area contributed by atoms with Gasteiger partial charge in [0.1, 0.15) is 0 Å². The molecule has 0 aromatic heterocycles. The molecule has 20 heavy (non-hydrogen) atoms. The van der Waals surface area contributed by atoms with Gasteiger partial charge in [-0.3, -0.25) is 14.9 Å². The van der Waals surface area contributed by atoms with Crippen LogP contribution in [0.3, 0.4) is 0 Å². The average molecular weight is 298 g/mol. The Morgan fingerprint density at radius 3 is 2.60 bits per heavy atom.